The number of nitrogens with one attached hydrogen (secondary N) is 1. The van der Waals surface area contributed by atoms with E-state index in [1.807, 2.05) is 30.3 Å². The number of nitro benzene ring substituents is 1. The average Bonchev–Trinajstić information content (AvgIpc) is 3.07. The number of ether oxygens (including phenoxy) is 1. The van der Waals surface area contributed by atoms with Gasteiger partial charge in [-0.2, -0.15) is 5.26 Å². The van der Waals surface area contributed by atoms with Crippen molar-refractivity contribution in [1.29, 1.82) is 5.26 Å². The molecule has 0 saturated carbocycles. The van der Waals surface area contributed by atoms with E-state index in [4.69, 9.17) is 4.74 Å². The minimum absolute atomic E-state index is 0.00329. The number of non-ortho nitro benzene ring substituents is 1. The first-order valence-corrected chi connectivity index (χ1v) is 9.67. The number of nitrogens with zero attached hydrogens (tertiary/aromatic N) is 4. The number of anilines is 2. The number of hydrogen-bond donors (Lipinski definition) is 1. The van der Waals surface area contributed by atoms with Crippen LogP contribution in [0.2, 0.25) is 0 Å². The molecular formula is C22H19N5O6. The van der Waals surface area contributed by atoms with Crippen LogP contribution in [0.3, 0.4) is 0 Å². The van der Waals surface area contributed by atoms with Crippen LogP contribution < -0.4 is 15.1 Å². The Morgan fingerprint density at radius 3 is 2.30 bits per heavy atom. The van der Waals surface area contributed by atoms with E-state index in [1.165, 1.54) is 18.2 Å². The zero-order valence-corrected chi connectivity index (χ0v) is 17.8. The van der Waals surface area contributed by atoms with E-state index in [1.54, 1.807) is 23.9 Å². The molecule has 3 rings (SSSR count). The van der Waals surface area contributed by atoms with E-state index in [0.29, 0.717) is 5.82 Å². The van der Waals surface area contributed by atoms with Gasteiger partial charge in [-0.25, -0.2) is 0 Å². The summed E-state index contributed by atoms with van der Waals surface area (Å²) in [7, 11) is 3.44. The Labute approximate surface area is 188 Å². The fourth-order valence-corrected chi connectivity index (χ4v) is 3.34. The zero-order chi connectivity index (χ0) is 24.1. The van der Waals surface area contributed by atoms with Crippen LogP contribution in [0.4, 0.5) is 17.1 Å². The molecule has 0 fully saturated rings. The summed E-state index contributed by atoms with van der Waals surface area (Å²) in [4.78, 5) is 50.3. The molecule has 11 nitrogen and oxygen atoms in total. The SMILES string of the molecule is CN1C(=C(C#N)C(=O)COC(=O)CNC(=O)c2cccc([N+](=O)[O-])c2)N(C)c2ccccc21. The van der Waals surface area contributed by atoms with Crippen molar-refractivity contribution in [2.75, 3.05) is 37.0 Å². The van der Waals surface area contributed by atoms with Crippen molar-refractivity contribution in [3.8, 4) is 6.07 Å². The number of fused-ring (bicyclic) bond motifs is 1. The van der Waals surface area contributed by atoms with Crippen molar-refractivity contribution in [2.45, 2.75) is 0 Å². The van der Waals surface area contributed by atoms with Crippen LogP contribution in [0.25, 0.3) is 0 Å². The van der Waals surface area contributed by atoms with E-state index >= 15 is 0 Å². The van der Waals surface area contributed by atoms with Crippen LogP contribution in [0.1, 0.15) is 10.4 Å². The third kappa shape index (κ3) is 4.80. The van der Waals surface area contributed by atoms with Crippen LogP contribution in [0.5, 0.6) is 0 Å². The van der Waals surface area contributed by atoms with Gasteiger partial charge in [-0.1, -0.05) is 18.2 Å². The van der Waals surface area contributed by atoms with Crippen molar-refractivity contribution in [3.05, 3.63) is 75.6 Å². The first-order valence-electron chi connectivity index (χ1n) is 9.67. The van der Waals surface area contributed by atoms with Gasteiger partial charge in [-0.3, -0.25) is 24.5 Å². The molecular weight excluding hydrogens is 430 g/mol. The van der Waals surface area contributed by atoms with Gasteiger partial charge in [0.15, 0.2) is 6.61 Å². The van der Waals surface area contributed by atoms with E-state index < -0.39 is 35.7 Å². The molecule has 168 valence electrons. The Morgan fingerprint density at radius 1 is 1.09 bits per heavy atom. The van der Waals surface area contributed by atoms with Crippen molar-refractivity contribution in [3.63, 3.8) is 0 Å². The number of rotatable bonds is 7. The number of carbonyl (C=O) groups excluding carboxylic acids is 3. The number of nitriles is 1. The van der Waals surface area contributed by atoms with E-state index in [-0.39, 0.29) is 16.8 Å². The van der Waals surface area contributed by atoms with Gasteiger partial charge in [0.25, 0.3) is 11.6 Å². The van der Waals surface area contributed by atoms with Crippen LogP contribution in [-0.2, 0) is 14.3 Å². The maximum Gasteiger partial charge on any atom is 0.325 e. The molecule has 0 aliphatic carbocycles. The highest BCUT2D eigenvalue weighted by Gasteiger charge is 2.31. The number of para-hydroxylation sites is 2. The molecule has 0 unspecified atom stereocenters. The predicted molar refractivity (Wildman–Crippen MR) is 117 cm³/mol. The third-order valence-electron chi connectivity index (χ3n) is 4.93. The van der Waals surface area contributed by atoms with Crippen LogP contribution in [0, 0.1) is 21.4 Å². The van der Waals surface area contributed by atoms with Gasteiger partial charge in [0, 0.05) is 31.8 Å². The van der Waals surface area contributed by atoms with Gasteiger partial charge in [0.2, 0.25) is 5.78 Å². The zero-order valence-electron chi connectivity index (χ0n) is 17.8. The Balaban J connectivity index is 1.60. The van der Waals surface area contributed by atoms with E-state index in [0.717, 1.165) is 17.4 Å². The number of amides is 1. The summed E-state index contributed by atoms with van der Waals surface area (Å²) in [6.07, 6.45) is 0. The third-order valence-corrected chi connectivity index (χ3v) is 4.93. The molecule has 0 aromatic heterocycles. The van der Waals surface area contributed by atoms with Gasteiger partial charge in [-0.15, -0.1) is 0 Å². The van der Waals surface area contributed by atoms with Crippen LogP contribution in [0.15, 0.2) is 59.9 Å². The lowest BCUT2D eigenvalue weighted by Crippen LogP contribution is -2.32. The Morgan fingerprint density at radius 2 is 1.73 bits per heavy atom. The lowest BCUT2D eigenvalue weighted by atomic mass is 10.2. The summed E-state index contributed by atoms with van der Waals surface area (Å²) in [6.45, 7) is -1.24. The molecule has 0 radical (unpaired) electrons. The van der Waals surface area contributed by atoms with Gasteiger partial charge in [-0.05, 0) is 18.2 Å². The van der Waals surface area contributed by atoms with Gasteiger partial charge in [0.1, 0.15) is 24.0 Å². The molecule has 2 aromatic carbocycles. The Kier molecular flexibility index (Phi) is 6.68. The lowest BCUT2D eigenvalue weighted by Gasteiger charge is -2.19. The molecule has 0 atom stereocenters. The normalized spacial score (nSPS) is 12.0. The second kappa shape index (κ2) is 9.61. The smallest absolute Gasteiger partial charge is 0.325 e. The fraction of sp³-hybridized carbons (Fsp3) is 0.182. The molecule has 2 aromatic rings. The molecule has 1 aliphatic heterocycles. The number of nitro groups is 1. The van der Waals surface area contributed by atoms with Crippen molar-refractivity contribution >= 4 is 34.7 Å². The lowest BCUT2D eigenvalue weighted by molar-refractivity contribution is -0.384. The van der Waals surface area contributed by atoms with Gasteiger partial charge < -0.3 is 19.9 Å². The summed E-state index contributed by atoms with van der Waals surface area (Å²) in [5, 5.41) is 22.7. The number of hydrogen-bond acceptors (Lipinski definition) is 9. The van der Waals surface area contributed by atoms with Crippen LogP contribution in [-0.4, -0.2) is 49.8 Å². The summed E-state index contributed by atoms with van der Waals surface area (Å²) in [6, 6.07) is 14.3. The predicted octanol–water partition coefficient (Wildman–Crippen LogP) is 1.76. The maximum atomic E-state index is 12.6. The molecule has 0 bridgehead atoms. The first-order chi connectivity index (χ1) is 15.7. The standard InChI is InChI=1S/C22H19N5O6/c1-25-17-8-3-4-9-18(17)26(2)22(25)16(11-23)19(28)13-33-20(29)12-24-21(30)14-6-5-7-15(10-14)27(31)32/h3-10H,12-13H2,1-2H3,(H,24,30). The number of esters is 1. The first kappa shape index (κ1) is 23.0. The summed E-state index contributed by atoms with van der Waals surface area (Å²) < 4.78 is 4.91. The second-order valence-electron chi connectivity index (χ2n) is 6.99. The monoisotopic (exact) mass is 449 g/mol. The molecule has 11 heteroatoms. The number of carbonyl (C=O) groups is 3. The molecule has 1 aliphatic rings. The molecule has 1 N–H and O–H groups in total. The number of Topliss-reactive ketones (excluding diaryl/α,β-unsaturated/α-hetero) is 1. The minimum Gasteiger partial charge on any atom is -0.456 e. The highest BCUT2D eigenvalue weighted by Crippen LogP contribution is 2.40. The summed E-state index contributed by atoms with van der Waals surface area (Å²) >= 11 is 0. The number of ketones is 1. The molecule has 0 saturated heterocycles. The second-order valence-corrected chi connectivity index (χ2v) is 6.99. The quantitative estimate of drug-likeness (QED) is 0.220. The topological polar surface area (TPSA) is 146 Å². The van der Waals surface area contributed by atoms with E-state index in [9.17, 15) is 29.8 Å². The van der Waals surface area contributed by atoms with Crippen molar-refractivity contribution < 1.29 is 24.0 Å². The highest BCUT2D eigenvalue weighted by atomic mass is 16.6. The van der Waals surface area contributed by atoms with Crippen LogP contribution >= 0.6 is 0 Å². The summed E-state index contributed by atoms with van der Waals surface area (Å²) in [5.74, 6) is -1.95. The van der Waals surface area contributed by atoms with Crippen molar-refractivity contribution in [1.82, 2.24) is 5.32 Å². The van der Waals surface area contributed by atoms with Crippen molar-refractivity contribution in [2.24, 2.45) is 0 Å². The largest absolute Gasteiger partial charge is 0.456 e. The molecule has 0 spiro atoms. The fourth-order valence-electron chi connectivity index (χ4n) is 3.34. The molecule has 33 heavy (non-hydrogen) atoms. The maximum absolute atomic E-state index is 12.6. The summed E-state index contributed by atoms with van der Waals surface area (Å²) in [5.41, 5.74) is 1.19. The number of benzene rings is 2. The Bertz CT molecular complexity index is 1180. The molecule has 1 heterocycles. The van der Waals surface area contributed by atoms with Gasteiger partial charge >= 0.3 is 5.97 Å². The average molecular weight is 449 g/mol. The highest BCUT2D eigenvalue weighted by molar-refractivity contribution is 6.04. The minimum atomic E-state index is -0.902. The van der Waals surface area contributed by atoms with Gasteiger partial charge in [0.05, 0.1) is 16.3 Å². The Hall–Kier alpha value is -4.72. The molecule has 1 amide bonds. The van der Waals surface area contributed by atoms with E-state index in [2.05, 4.69) is 5.32 Å².